The zero-order valence-electron chi connectivity index (χ0n) is 35.2. The van der Waals surface area contributed by atoms with Gasteiger partial charge in [0.25, 0.3) is 0 Å². The predicted octanol–water partition coefficient (Wildman–Crippen LogP) is -5.92. The van der Waals surface area contributed by atoms with Crippen LogP contribution >= 0.6 is 0 Å². The monoisotopic (exact) mass is 918 g/mol. The van der Waals surface area contributed by atoms with Gasteiger partial charge in [-0.25, -0.2) is 0 Å². The summed E-state index contributed by atoms with van der Waals surface area (Å²) in [4.78, 5) is 127. The summed E-state index contributed by atoms with van der Waals surface area (Å²) in [5.74, 6) is -12.1. The minimum absolute atomic E-state index is 0.0800. The Morgan fingerprint density at radius 3 is 2.22 bits per heavy atom. The minimum Gasteiger partial charge on any atom is -0.610 e. The van der Waals surface area contributed by atoms with E-state index >= 15 is 0 Å². The molecule has 2 bridgehead atoms. The van der Waals surface area contributed by atoms with Crippen LogP contribution in [0.2, 0.25) is 0 Å². The first-order valence-corrected chi connectivity index (χ1v) is 21.9. The summed E-state index contributed by atoms with van der Waals surface area (Å²) >= 11 is -2.38. The van der Waals surface area contributed by atoms with Gasteiger partial charge in [-0.1, -0.05) is 27.2 Å². The summed E-state index contributed by atoms with van der Waals surface area (Å²) in [6.45, 7) is 1.76. The third kappa shape index (κ3) is 11.6. The fourth-order valence-electron chi connectivity index (χ4n) is 7.70. The van der Waals surface area contributed by atoms with Crippen LogP contribution in [0.3, 0.4) is 0 Å². The first-order valence-electron chi connectivity index (χ1n) is 20.6. The smallest absolute Gasteiger partial charge is 0.248 e. The van der Waals surface area contributed by atoms with Gasteiger partial charge in [0.1, 0.15) is 41.7 Å². The maximum atomic E-state index is 14.6. The first-order chi connectivity index (χ1) is 30.2. The van der Waals surface area contributed by atoms with Crippen molar-refractivity contribution in [3.8, 4) is 5.75 Å². The topological polar surface area (TPSA) is 387 Å². The van der Waals surface area contributed by atoms with Crippen LogP contribution in [0.25, 0.3) is 10.9 Å². The molecule has 1 fully saturated rings. The molecule has 14 N–H and O–H groups in total. The number of carbonyl (C=O) groups excluding carboxylic acids is 9. The van der Waals surface area contributed by atoms with E-state index in [2.05, 4.69) is 42.2 Å². The fourth-order valence-corrected chi connectivity index (χ4v) is 9.10. The number of aliphatic hydroxyl groups is 3. The number of aromatic amines is 1. The van der Waals surface area contributed by atoms with Crippen LogP contribution in [0.5, 0.6) is 5.75 Å². The number of amides is 9. The second-order valence-corrected chi connectivity index (χ2v) is 17.6. The number of aromatic nitrogens is 1. The van der Waals surface area contributed by atoms with Crippen molar-refractivity contribution in [2.24, 2.45) is 17.6 Å². The number of aliphatic hydroxyl groups excluding tert-OH is 3. The highest BCUT2D eigenvalue weighted by Crippen LogP contribution is 2.31. The average molecular weight is 919 g/mol. The van der Waals surface area contributed by atoms with E-state index < -0.39 is 176 Å². The summed E-state index contributed by atoms with van der Waals surface area (Å²) in [7, 11) is 0. The number of phenols is 1. The molecule has 25 heteroatoms. The summed E-state index contributed by atoms with van der Waals surface area (Å²) in [5.41, 5.74) is 5.73. The van der Waals surface area contributed by atoms with E-state index in [9.17, 15) is 68.1 Å². The Kier molecular flexibility index (Phi) is 16.2. The molecule has 2 aromatic rings. The van der Waals surface area contributed by atoms with Gasteiger partial charge in [0.2, 0.25) is 58.2 Å². The van der Waals surface area contributed by atoms with Gasteiger partial charge in [-0.15, -0.1) is 0 Å². The Morgan fingerprint density at radius 2 is 1.56 bits per heavy atom. The molecule has 0 spiro atoms. The van der Waals surface area contributed by atoms with Crippen molar-refractivity contribution in [3.05, 3.63) is 23.8 Å². The molecular weight excluding hydrogens is 865 g/mol. The number of fused-ring (bicyclic) bond motifs is 5. The molecule has 3 aliphatic heterocycles. The number of hydrogen-bond acceptors (Lipinski definition) is 14. The number of aromatic hydroxyl groups is 1. The molecule has 1 saturated heterocycles. The van der Waals surface area contributed by atoms with Gasteiger partial charge in [-0.2, -0.15) is 0 Å². The maximum absolute atomic E-state index is 14.6. The van der Waals surface area contributed by atoms with Gasteiger partial charge in [-0.3, -0.25) is 43.2 Å². The van der Waals surface area contributed by atoms with Crippen LogP contribution in [-0.4, -0.2) is 168 Å². The second-order valence-electron chi connectivity index (χ2n) is 16.1. The molecule has 11 atom stereocenters. The van der Waals surface area contributed by atoms with E-state index in [1.807, 2.05) is 0 Å². The lowest BCUT2D eigenvalue weighted by Gasteiger charge is -2.32. The maximum Gasteiger partial charge on any atom is 0.248 e. The first kappa shape index (κ1) is 49.0. The zero-order chi connectivity index (χ0) is 47.2. The molecule has 0 radical (unpaired) electrons. The van der Waals surface area contributed by atoms with Crippen LogP contribution < -0.4 is 43.0 Å². The molecule has 3 aliphatic rings. The molecule has 0 aliphatic carbocycles. The number of benzene rings is 1. The highest BCUT2D eigenvalue weighted by atomic mass is 32.2. The van der Waals surface area contributed by atoms with E-state index in [1.54, 1.807) is 13.8 Å². The number of rotatable bonds is 7. The van der Waals surface area contributed by atoms with Crippen molar-refractivity contribution < 1.29 is 68.1 Å². The van der Waals surface area contributed by atoms with Crippen molar-refractivity contribution in [1.29, 1.82) is 0 Å². The van der Waals surface area contributed by atoms with E-state index in [4.69, 9.17) is 5.73 Å². The Morgan fingerprint density at radius 1 is 0.891 bits per heavy atom. The summed E-state index contributed by atoms with van der Waals surface area (Å²) in [6, 6.07) is -5.99. The normalized spacial score (nSPS) is 28.5. The number of H-pyrrole nitrogens is 1. The van der Waals surface area contributed by atoms with Crippen LogP contribution in [0, 0.1) is 11.8 Å². The van der Waals surface area contributed by atoms with Crippen molar-refractivity contribution in [1.82, 2.24) is 47.1 Å². The molecule has 1 unspecified atom stereocenters. The van der Waals surface area contributed by atoms with Gasteiger partial charge >= 0.3 is 0 Å². The van der Waals surface area contributed by atoms with E-state index in [0.717, 1.165) is 4.90 Å². The standard InChI is InChI=1S/C39H54N10O14S/c1-4-16(2)31-36(60)42-11-29(55)43-25-15-64(63)38-21(20-6-5-18(51)7-22(20)46-38)9-23(33(57)41-12-30(56)47-31)44-37(61)32(17(3)27(53)14-50)48-35(59)26-8-19(52)13-49(26)39(62)24(10-28(40)54)45-34(25)58/h5-7,16-17,19,23-27,31-32,46,50-53H,4,8-15H2,1-3H3,(H2,40,54)(H,41,57)(H,42,60)(H,43,55)(H,44,61)(H,45,58)(H,47,56)(H,48,59)/t16-,17-,19+,23+,24-,25-,26-,27-,31-,32-,64?/m0/s1. The third-order valence-corrected chi connectivity index (χ3v) is 13.0. The molecule has 24 nitrogen and oxygen atoms in total. The van der Waals surface area contributed by atoms with Crippen LogP contribution in [0.15, 0.2) is 23.2 Å². The zero-order valence-corrected chi connectivity index (χ0v) is 36.0. The number of nitrogens with one attached hydrogen (secondary N) is 8. The van der Waals surface area contributed by atoms with Gasteiger partial charge < -0.3 is 77.8 Å². The largest absolute Gasteiger partial charge is 0.610 e. The number of nitrogens with zero attached hydrogens (tertiary/aromatic N) is 1. The Balaban J connectivity index is 1.73. The number of nitrogens with two attached hydrogens (primary N) is 1. The van der Waals surface area contributed by atoms with Crippen molar-refractivity contribution in [2.75, 3.05) is 32.0 Å². The Bertz CT molecular complexity index is 2160. The lowest BCUT2D eigenvalue weighted by atomic mass is 9.93. The van der Waals surface area contributed by atoms with Crippen molar-refractivity contribution in [3.63, 3.8) is 0 Å². The minimum atomic E-state index is -2.38. The lowest BCUT2D eigenvalue weighted by Crippen LogP contribution is -2.62. The lowest BCUT2D eigenvalue weighted by molar-refractivity contribution is -0.144. The third-order valence-electron chi connectivity index (χ3n) is 11.5. The quantitative estimate of drug-likeness (QED) is 0.115. The van der Waals surface area contributed by atoms with Gasteiger partial charge in [0, 0.05) is 53.5 Å². The summed E-state index contributed by atoms with van der Waals surface area (Å²) in [6.07, 6.45) is -4.42. The molecule has 1 aromatic carbocycles. The summed E-state index contributed by atoms with van der Waals surface area (Å²) < 4.78 is 14.6. The second kappa shape index (κ2) is 21.1. The highest BCUT2D eigenvalue weighted by Gasteiger charge is 2.45. The van der Waals surface area contributed by atoms with E-state index in [0.29, 0.717) is 6.42 Å². The fraction of sp³-hybridized carbons (Fsp3) is 0.564. The highest BCUT2D eigenvalue weighted by molar-refractivity contribution is 7.91. The van der Waals surface area contributed by atoms with Crippen molar-refractivity contribution in [2.45, 2.75) is 99.9 Å². The molecular formula is C39H54N10O14S. The van der Waals surface area contributed by atoms with Gasteiger partial charge in [-0.05, 0) is 18.1 Å². The Hall–Kier alpha value is -6.02. The van der Waals surface area contributed by atoms with Crippen LogP contribution in [0.4, 0.5) is 0 Å². The molecule has 0 saturated carbocycles. The van der Waals surface area contributed by atoms with Gasteiger partial charge in [0.15, 0.2) is 6.04 Å². The van der Waals surface area contributed by atoms with Crippen molar-refractivity contribution >= 4 is 75.2 Å². The predicted molar refractivity (Wildman–Crippen MR) is 222 cm³/mol. The molecule has 4 heterocycles. The molecule has 1 aromatic heterocycles. The van der Waals surface area contributed by atoms with E-state index in [1.165, 1.54) is 25.1 Å². The van der Waals surface area contributed by atoms with Crippen LogP contribution in [-0.2, 0) is 60.7 Å². The number of primary amides is 1. The number of carbonyl (C=O) groups is 9. The number of phenolic OH excluding ortho intramolecular Hbond substituents is 1. The molecule has 9 amide bonds. The molecule has 5 rings (SSSR count). The number of hydrogen-bond donors (Lipinski definition) is 13. The SMILES string of the molecule is CC[C@H](C)[C@@H]1NC(=O)CNC(=O)[C@H]2Cc3c([nH]c4cc(O)ccc34)[S+]([O-])C[C@H](NC(=O)CNC1=O)C(=O)N[C@@H](CC(N)=O)C(=O)N1C[C@H](O)C[C@H]1C(=O)N[C@@H]([C@@H](C)[C@@H](O)CO)C(=O)N2. The van der Waals surface area contributed by atoms with Gasteiger partial charge in [0.05, 0.1) is 43.8 Å². The Labute approximate surface area is 368 Å². The molecule has 64 heavy (non-hydrogen) atoms. The summed E-state index contributed by atoms with van der Waals surface area (Å²) in [5, 5.41) is 58.8. The van der Waals surface area contributed by atoms with Crippen LogP contribution in [0.1, 0.15) is 45.6 Å². The van der Waals surface area contributed by atoms with E-state index in [-0.39, 0.29) is 27.2 Å². The average Bonchev–Trinajstić information content (AvgIpc) is 3.82. The molecule has 350 valence electrons.